The molecule has 0 saturated carbocycles. The van der Waals surface area contributed by atoms with E-state index < -0.39 is 0 Å². The molecule has 1 aliphatic heterocycles. The second-order valence-electron chi connectivity index (χ2n) is 6.30. The first kappa shape index (κ1) is 17.7. The molecule has 0 aromatic carbocycles. The minimum absolute atomic E-state index is 0.114. The normalized spacial score (nSPS) is 18.0. The molecule has 0 aliphatic carbocycles. The molecule has 2 rings (SSSR count). The molecule has 1 N–H and O–H groups in total. The van der Waals surface area contributed by atoms with Crippen molar-refractivity contribution in [2.45, 2.75) is 33.1 Å². The SMILES string of the molecule is CCCN(CC)c1ccc(C(=O)N2CCCC(CNC)C2)cn1. The van der Waals surface area contributed by atoms with Crippen LogP contribution in [0.3, 0.4) is 0 Å². The van der Waals surface area contributed by atoms with Crippen molar-refractivity contribution in [3.05, 3.63) is 23.9 Å². The number of nitrogens with zero attached hydrogens (tertiary/aromatic N) is 3. The molecule has 5 nitrogen and oxygen atoms in total. The Bertz CT molecular complexity index is 486. The molecule has 0 radical (unpaired) electrons. The monoisotopic (exact) mass is 318 g/mol. The fourth-order valence-corrected chi connectivity index (χ4v) is 3.29. The highest BCUT2D eigenvalue weighted by molar-refractivity contribution is 5.94. The molecule has 1 aromatic rings. The highest BCUT2D eigenvalue weighted by Gasteiger charge is 2.24. The van der Waals surface area contributed by atoms with E-state index in [0.29, 0.717) is 11.5 Å². The molecule has 128 valence electrons. The number of carbonyl (C=O) groups is 1. The highest BCUT2D eigenvalue weighted by atomic mass is 16.2. The quantitative estimate of drug-likeness (QED) is 0.838. The predicted octanol–water partition coefficient (Wildman–Crippen LogP) is 2.39. The molecule has 1 atom stereocenters. The molecule has 1 aromatic heterocycles. The van der Waals surface area contributed by atoms with Crippen LogP contribution in [0.5, 0.6) is 0 Å². The number of aromatic nitrogens is 1. The first-order valence-corrected chi connectivity index (χ1v) is 8.84. The Morgan fingerprint density at radius 3 is 2.87 bits per heavy atom. The molecule has 1 saturated heterocycles. The zero-order valence-corrected chi connectivity index (χ0v) is 14.7. The number of likely N-dealkylation sites (tertiary alicyclic amines) is 1. The molecule has 23 heavy (non-hydrogen) atoms. The third kappa shape index (κ3) is 4.67. The van der Waals surface area contributed by atoms with Crippen LogP contribution in [0.1, 0.15) is 43.5 Å². The van der Waals surface area contributed by atoms with Crippen LogP contribution >= 0.6 is 0 Å². The van der Waals surface area contributed by atoms with Crippen molar-refractivity contribution in [3.8, 4) is 0 Å². The van der Waals surface area contributed by atoms with E-state index in [1.807, 2.05) is 24.1 Å². The maximum absolute atomic E-state index is 12.7. The van der Waals surface area contributed by atoms with Crippen molar-refractivity contribution >= 4 is 11.7 Å². The lowest BCUT2D eigenvalue weighted by molar-refractivity contribution is 0.0674. The molecule has 2 heterocycles. The standard InChI is InChI=1S/C18H30N4O/c1-4-10-21(5-2)17-9-8-16(13-20-17)18(23)22-11-6-7-15(14-22)12-19-3/h8-9,13,15,19H,4-7,10-12,14H2,1-3H3. The van der Waals surface area contributed by atoms with Crippen LogP contribution in [0.25, 0.3) is 0 Å². The van der Waals surface area contributed by atoms with Crippen LogP contribution in [-0.4, -0.2) is 55.6 Å². The van der Waals surface area contributed by atoms with Gasteiger partial charge in [0.2, 0.25) is 0 Å². The summed E-state index contributed by atoms with van der Waals surface area (Å²) in [6, 6.07) is 3.89. The van der Waals surface area contributed by atoms with Crippen LogP contribution < -0.4 is 10.2 Å². The molecule has 1 amide bonds. The van der Waals surface area contributed by atoms with E-state index in [1.54, 1.807) is 6.20 Å². The van der Waals surface area contributed by atoms with Gasteiger partial charge in [0.15, 0.2) is 0 Å². The summed E-state index contributed by atoms with van der Waals surface area (Å²) < 4.78 is 0. The highest BCUT2D eigenvalue weighted by Crippen LogP contribution is 2.19. The van der Waals surface area contributed by atoms with Crippen LogP contribution in [0.15, 0.2) is 18.3 Å². The van der Waals surface area contributed by atoms with Crippen molar-refractivity contribution in [1.29, 1.82) is 0 Å². The lowest BCUT2D eigenvalue weighted by Gasteiger charge is -2.32. The van der Waals surface area contributed by atoms with E-state index in [-0.39, 0.29) is 5.91 Å². The summed E-state index contributed by atoms with van der Waals surface area (Å²) in [4.78, 5) is 21.4. The van der Waals surface area contributed by atoms with Gasteiger partial charge in [-0.05, 0) is 57.8 Å². The Labute approximate surface area is 140 Å². The van der Waals surface area contributed by atoms with Gasteiger partial charge in [0.25, 0.3) is 5.91 Å². The third-order valence-corrected chi connectivity index (χ3v) is 4.49. The number of anilines is 1. The lowest BCUT2D eigenvalue weighted by atomic mass is 9.97. The van der Waals surface area contributed by atoms with Crippen LogP contribution in [-0.2, 0) is 0 Å². The van der Waals surface area contributed by atoms with E-state index in [1.165, 1.54) is 6.42 Å². The number of amides is 1. The van der Waals surface area contributed by atoms with E-state index in [9.17, 15) is 4.79 Å². The molecule has 0 bridgehead atoms. The molecule has 1 aliphatic rings. The Hall–Kier alpha value is -1.62. The number of carbonyl (C=O) groups excluding carboxylic acids is 1. The number of nitrogens with one attached hydrogen (secondary N) is 1. The van der Waals surface area contributed by atoms with Crippen molar-refractivity contribution < 1.29 is 4.79 Å². The van der Waals surface area contributed by atoms with Crippen molar-refractivity contribution in [3.63, 3.8) is 0 Å². The summed E-state index contributed by atoms with van der Waals surface area (Å²) in [5.41, 5.74) is 0.700. The minimum atomic E-state index is 0.114. The maximum Gasteiger partial charge on any atom is 0.255 e. The molecular weight excluding hydrogens is 288 g/mol. The van der Waals surface area contributed by atoms with Gasteiger partial charge in [0.05, 0.1) is 5.56 Å². The van der Waals surface area contributed by atoms with Gasteiger partial charge in [0, 0.05) is 32.4 Å². The summed E-state index contributed by atoms with van der Waals surface area (Å²) in [7, 11) is 1.97. The number of piperidine rings is 1. The van der Waals surface area contributed by atoms with Crippen LogP contribution in [0.2, 0.25) is 0 Å². The van der Waals surface area contributed by atoms with Crippen molar-refractivity contribution in [2.24, 2.45) is 5.92 Å². The smallest absolute Gasteiger partial charge is 0.255 e. The Morgan fingerprint density at radius 1 is 1.43 bits per heavy atom. The van der Waals surface area contributed by atoms with Gasteiger partial charge in [-0.1, -0.05) is 6.92 Å². The Kier molecular flexibility index (Phi) is 6.84. The molecular formula is C18H30N4O. The largest absolute Gasteiger partial charge is 0.357 e. The zero-order chi connectivity index (χ0) is 16.7. The Balaban J connectivity index is 2.02. The average Bonchev–Trinajstić information content (AvgIpc) is 2.60. The van der Waals surface area contributed by atoms with Gasteiger partial charge in [-0.2, -0.15) is 0 Å². The third-order valence-electron chi connectivity index (χ3n) is 4.49. The van der Waals surface area contributed by atoms with Gasteiger partial charge in [0.1, 0.15) is 5.82 Å². The first-order valence-electron chi connectivity index (χ1n) is 8.84. The number of hydrogen-bond acceptors (Lipinski definition) is 4. The summed E-state index contributed by atoms with van der Waals surface area (Å²) in [5.74, 6) is 1.63. The fourth-order valence-electron chi connectivity index (χ4n) is 3.29. The summed E-state index contributed by atoms with van der Waals surface area (Å²) in [5, 5.41) is 3.22. The van der Waals surface area contributed by atoms with Crippen molar-refractivity contribution in [2.75, 3.05) is 44.7 Å². The van der Waals surface area contributed by atoms with Crippen molar-refractivity contribution in [1.82, 2.24) is 15.2 Å². The maximum atomic E-state index is 12.7. The zero-order valence-electron chi connectivity index (χ0n) is 14.7. The van der Waals surface area contributed by atoms with E-state index in [2.05, 4.69) is 29.0 Å². The van der Waals surface area contributed by atoms with Gasteiger partial charge in [-0.15, -0.1) is 0 Å². The van der Waals surface area contributed by atoms with E-state index in [4.69, 9.17) is 0 Å². The number of rotatable bonds is 7. The number of pyridine rings is 1. The topological polar surface area (TPSA) is 48.5 Å². The molecule has 1 fully saturated rings. The Morgan fingerprint density at radius 2 is 2.26 bits per heavy atom. The molecule has 1 unspecified atom stereocenters. The molecule has 5 heteroatoms. The van der Waals surface area contributed by atoms with Gasteiger partial charge in [-0.25, -0.2) is 4.98 Å². The lowest BCUT2D eigenvalue weighted by Crippen LogP contribution is -2.42. The summed E-state index contributed by atoms with van der Waals surface area (Å²) in [6.45, 7) is 8.91. The van der Waals surface area contributed by atoms with Crippen LogP contribution in [0.4, 0.5) is 5.82 Å². The second kappa shape index (κ2) is 8.87. The predicted molar refractivity (Wildman–Crippen MR) is 95.0 cm³/mol. The minimum Gasteiger partial charge on any atom is -0.357 e. The fraction of sp³-hybridized carbons (Fsp3) is 0.667. The summed E-state index contributed by atoms with van der Waals surface area (Å²) in [6.07, 6.45) is 5.11. The van der Waals surface area contributed by atoms with Gasteiger partial charge in [-0.3, -0.25) is 4.79 Å². The van der Waals surface area contributed by atoms with Gasteiger partial charge >= 0.3 is 0 Å². The van der Waals surface area contributed by atoms with E-state index in [0.717, 1.165) is 51.4 Å². The van der Waals surface area contributed by atoms with Gasteiger partial charge < -0.3 is 15.1 Å². The molecule has 0 spiro atoms. The second-order valence-corrected chi connectivity index (χ2v) is 6.30. The average molecular weight is 318 g/mol. The number of hydrogen-bond donors (Lipinski definition) is 1. The van der Waals surface area contributed by atoms with Crippen LogP contribution in [0, 0.1) is 5.92 Å². The summed E-state index contributed by atoms with van der Waals surface area (Å²) >= 11 is 0. The first-order chi connectivity index (χ1) is 11.2. The van der Waals surface area contributed by atoms with E-state index >= 15 is 0 Å².